The Morgan fingerprint density at radius 2 is 1.90 bits per heavy atom. The minimum absolute atomic E-state index is 0. The summed E-state index contributed by atoms with van der Waals surface area (Å²) in [5.74, 6) is 0.870. The SMILES string of the molecule is CCNC(=NCCCCCCC(=O)OCC)NC1CC1.I. The molecule has 6 heteroatoms. The van der Waals surface area contributed by atoms with Crippen molar-refractivity contribution in [2.75, 3.05) is 19.7 Å². The average molecular weight is 411 g/mol. The number of carbonyl (C=O) groups excluding carboxylic acids is 1. The fourth-order valence-corrected chi connectivity index (χ4v) is 1.90. The molecule has 0 saturated heterocycles. The summed E-state index contributed by atoms with van der Waals surface area (Å²) in [6.07, 6.45) is 7.25. The predicted molar refractivity (Wildman–Crippen MR) is 97.3 cm³/mol. The minimum atomic E-state index is -0.0754. The van der Waals surface area contributed by atoms with Crippen molar-refractivity contribution in [3.8, 4) is 0 Å². The number of guanidine groups is 1. The zero-order chi connectivity index (χ0) is 14.6. The molecule has 0 unspecified atom stereocenters. The first-order valence-corrected chi connectivity index (χ1v) is 7.96. The Kier molecular flexibility index (Phi) is 12.8. The number of carbonyl (C=O) groups is 1. The largest absolute Gasteiger partial charge is 0.466 e. The summed E-state index contributed by atoms with van der Waals surface area (Å²) in [7, 11) is 0. The van der Waals surface area contributed by atoms with Crippen LogP contribution in [0.5, 0.6) is 0 Å². The highest BCUT2D eigenvalue weighted by molar-refractivity contribution is 14.0. The van der Waals surface area contributed by atoms with Crippen LogP contribution in [-0.2, 0) is 9.53 Å². The number of nitrogens with one attached hydrogen (secondary N) is 2. The van der Waals surface area contributed by atoms with E-state index in [1.165, 1.54) is 12.8 Å². The van der Waals surface area contributed by atoms with Crippen molar-refractivity contribution in [1.82, 2.24) is 10.6 Å². The summed E-state index contributed by atoms with van der Waals surface area (Å²) in [4.78, 5) is 15.7. The van der Waals surface area contributed by atoms with E-state index in [2.05, 4.69) is 22.5 Å². The van der Waals surface area contributed by atoms with Crippen LogP contribution in [0.2, 0.25) is 0 Å². The molecule has 1 aliphatic carbocycles. The van der Waals surface area contributed by atoms with Crippen LogP contribution in [0, 0.1) is 0 Å². The average Bonchev–Trinajstić information content (AvgIpc) is 3.22. The molecule has 21 heavy (non-hydrogen) atoms. The maximum Gasteiger partial charge on any atom is 0.305 e. The van der Waals surface area contributed by atoms with Crippen molar-refractivity contribution >= 4 is 35.9 Å². The number of esters is 1. The quantitative estimate of drug-likeness (QED) is 0.191. The van der Waals surface area contributed by atoms with E-state index in [0.29, 0.717) is 19.1 Å². The van der Waals surface area contributed by atoms with Gasteiger partial charge in [-0.1, -0.05) is 12.8 Å². The van der Waals surface area contributed by atoms with E-state index in [4.69, 9.17) is 4.74 Å². The number of hydrogen-bond donors (Lipinski definition) is 2. The van der Waals surface area contributed by atoms with Crippen LogP contribution in [-0.4, -0.2) is 37.7 Å². The Hall–Kier alpha value is -0.530. The first-order chi connectivity index (χ1) is 9.76. The van der Waals surface area contributed by atoms with Crippen molar-refractivity contribution < 1.29 is 9.53 Å². The Balaban J connectivity index is 0.00000400. The highest BCUT2D eigenvalue weighted by Crippen LogP contribution is 2.18. The molecule has 0 aromatic rings. The van der Waals surface area contributed by atoms with Gasteiger partial charge in [-0.25, -0.2) is 0 Å². The molecule has 1 fully saturated rings. The van der Waals surface area contributed by atoms with Gasteiger partial charge in [-0.2, -0.15) is 0 Å². The molecule has 0 bridgehead atoms. The third-order valence-electron chi connectivity index (χ3n) is 3.13. The molecule has 1 aliphatic rings. The molecular weight excluding hydrogens is 381 g/mol. The van der Waals surface area contributed by atoms with Gasteiger partial charge in [0.15, 0.2) is 5.96 Å². The molecule has 0 amide bonds. The molecule has 2 N–H and O–H groups in total. The lowest BCUT2D eigenvalue weighted by molar-refractivity contribution is -0.143. The predicted octanol–water partition coefficient (Wildman–Crippen LogP) is 2.84. The van der Waals surface area contributed by atoms with E-state index in [0.717, 1.165) is 44.7 Å². The third kappa shape index (κ3) is 11.8. The van der Waals surface area contributed by atoms with Crippen LogP contribution < -0.4 is 10.6 Å². The first-order valence-electron chi connectivity index (χ1n) is 7.96. The zero-order valence-corrected chi connectivity index (χ0v) is 15.7. The van der Waals surface area contributed by atoms with E-state index in [-0.39, 0.29) is 29.9 Å². The number of aliphatic imine (C=N–C) groups is 1. The van der Waals surface area contributed by atoms with Crippen LogP contribution in [0.4, 0.5) is 0 Å². The van der Waals surface area contributed by atoms with Crippen molar-refractivity contribution in [3.05, 3.63) is 0 Å². The molecule has 0 aromatic heterocycles. The van der Waals surface area contributed by atoms with Crippen LogP contribution >= 0.6 is 24.0 Å². The summed E-state index contributed by atoms with van der Waals surface area (Å²) in [6.45, 7) is 6.15. The molecule has 0 aliphatic heterocycles. The van der Waals surface area contributed by atoms with Crippen molar-refractivity contribution in [1.29, 1.82) is 0 Å². The van der Waals surface area contributed by atoms with Crippen LogP contribution in [0.25, 0.3) is 0 Å². The highest BCUT2D eigenvalue weighted by Gasteiger charge is 2.21. The van der Waals surface area contributed by atoms with E-state index < -0.39 is 0 Å². The molecular formula is C15H30IN3O2. The number of ether oxygens (including phenoxy) is 1. The van der Waals surface area contributed by atoms with Crippen LogP contribution in [0.1, 0.15) is 58.8 Å². The molecule has 124 valence electrons. The van der Waals surface area contributed by atoms with Gasteiger partial charge in [0.1, 0.15) is 0 Å². The lowest BCUT2D eigenvalue weighted by atomic mass is 10.1. The normalized spacial score (nSPS) is 14.3. The third-order valence-corrected chi connectivity index (χ3v) is 3.13. The zero-order valence-electron chi connectivity index (χ0n) is 13.3. The molecule has 0 radical (unpaired) electrons. The molecule has 0 spiro atoms. The van der Waals surface area contributed by atoms with Crippen LogP contribution in [0.15, 0.2) is 4.99 Å². The van der Waals surface area contributed by atoms with E-state index in [1.807, 2.05) is 6.92 Å². The second-order valence-corrected chi connectivity index (χ2v) is 5.15. The minimum Gasteiger partial charge on any atom is -0.466 e. The van der Waals surface area contributed by atoms with Gasteiger partial charge in [0.2, 0.25) is 0 Å². The molecule has 1 saturated carbocycles. The molecule has 0 heterocycles. The Morgan fingerprint density at radius 3 is 2.52 bits per heavy atom. The number of hydrogen-bond acceptors (Lipinski definition) is 3. The van der Waals surface area contributed by atoms with Gasteiger partial charge in [-0.3, -0.25) is 9.79 Å². The van der Waals surface area contributed by atoms with E-state index in [1.54, 1.807) is 0 Å². The molecule has 1 rings (SSSR count). The summed E-state index contributed by atoms with van der Waals surface area (Å²) >= 11 is 0. The van der Waals surface area contributed by atoms with Gasteiger partial charge in [-0.15, -0.1) is 24.0 Å². The van der Waals surface area contributed by atoms with E-state index in [9.17, 15) is 4.79 Å². The Morgan fingerprint density at radius 1 is 1.19 bits per heavy atom. The lowest BCUT2D eigenvalue weighted by Gasteiger charge is -2.09. The topological polar surface area (TPSA) is 62.7 Å². The summed E-state index contributed by atoms with van der Waals surface area (Å²) in [5.41, 5.74) is 0. The maximum atomic E-state index is 11.1. The first kappa shape index (κ1) is 20.5. The lowest BCUT2D eigenvalue weighted by Crippen LogP contribution is -2.38. The monoisotopic (exact) mass is 411 g/mol. The van der Waals surface area contributed by atoms with Gasteiger partial charge in [-0.05, 0) is 39.5 Å². The fraction of sp³-hybridized carbons (Fsp3) is 0.867. The van der Waals surface area contributed by atoms with Gasteiger partial charge in [0.05, 0.1) is 6.61 Å². The van der Waals surface area contributed by atoms with Gasteiger partial charge >= 0.3 is 5.97 Å². The standard InChI is InChI=1S/C15H29N3O2.HI/c1-3-16-15(18-13-10-11-13)17-12-8-6-5-7-9-14(19)20-4-2;/h13H,3-12H2,1-2H3,(H2,16,17,18);1H. The summed E-state index contributed by atoms with van der Waals surface area (Å²) in [5, 5.41) is 6.66. The van der Waals surface area contributed by atoms with Crippen molar-refractivity contribution in [2.45, 2.75) is 64.8 Å². The summed E-state index contributed by atoms with van der Waals surface area (Å²) in [6, 6.07) is 0.636. The molecule has 0 aromatic carbocycles. The summed E-state index contributed by atoms with van der Waals surface area (Å²) < 4.78 is 4.89. The number of unbranched alkanes of at least 4 members (excludes halogenated alkanes) is 3. The molecule has 5 nitrogen and oxygen atoms in total. The smallest absolute Gasteiger partial charge is 0.305 e. The van der Waals surface area contributed by atoms with Crippen molar-refractivity contribution in [2.24, 2.45) is 4.99 Å². The number of rotatable bonds is 10. The Bertz CT molecular complexity index is 307. The van der Waals surface area contributed by atoms with E-state index >= 15 is 0 Å². The van der Waals surface area contributed by atoms with Gasteiger partial charge < -0.3 is 15.4 Å². The number of nitrogens with zero attached hydrogens (tertiary/aromatic N) is 1. The van der Waals surface area contributed by atoms with Crippen LogP contribution in [0.3, 0.4) is 0 Å². The maximum absolute atomic E-state index is 11.1. The number of halogens is 1. The van der Waals surface area contributed by atoms with Gasteiger partial charge in [0, 0.05) is 25.6 Å². The Labute approximate surface area is 145 Å². The van der Waals surface area contributed by atoms with Gasteiger partial charge in [0.25, 0.3) is 0 Å². The second kappa shape index (κ2) is 13.2. The highest BCUT2D eigenvalue weighted by atomic mass is 127. The van der Waals surface area contributed by atoms with Crippen molar-refractivity contribution in [3.63, 3.8) is 0 Å². The fourth-order valence-electron chi connectivity index (χ4n) is 1.90. The second-order valence-electron chi connectivity index (χ2n) is 5.15. The molecule has 0 atom stereocenters.